The van der Waals surface area contributed by atoms with Crippen molar-refractivity contribution < 1.29 is 27.9 Å². The highest BCUT2D eigenvalue weighted by molar-refractivity contribution is 5.95. The van der Waals surface area contributed by atoms with Crippen molar-refractivity contribution in [3.05, 3.63) is 35.4 Å². The minimum absolute atomic E-state index is 0.00695. The molecule has 1 saturated heterocycles. The summed E-state index contributed by atoms with van der Waals surface area (Å²) in [5, 5.41) is 9.36. The van der Waals surface area contributed by atoms with Crippen LogP contribution in [0.4, 0.5) is 13.2 Å². The number of halogens is 3. The van der Waals surface area contributed by atoms with Crippen LogP contribution >= 0.6 is 0 Å². The molecule has 0 radical (unpaired) electrons. The summed E-state index contributed by atoms with van der Waals surface area (Å²) in [6, 6.07) is 6.10. The SMILES string of the molecule is O=C(O)[C@H]1CN(C(=O)c2ccc(CCC(F)(F)F)cc2)C[C@@H]1C1CC1. The van der Waals surface area contributed by atoms with Gasteiger partial charge < -0.3 is 10.0 Å². The van der Waals surface area contributed by atoms with E-state index < -0.39 is 24.5 Å². The zero-order chi connectivity index (χ0) is 18.2. The fraction of sp³-hybridized carbons (Fsp3) is 0.556. The summed E-state index contributed by atoms with van der Waals surface area (Å²) in [6.07, 6.45) is -3.18. The van der Waals surface area contributed by atoms with Gasteiger partial charge in [-0.15, -0.1) is 0 Å². The summed E-state index contributed by atoms with van der Waals surface area (Å²) in [7, 11) is 0. The second-order valence-corrected chi connectivity index (χ2v) is 6.97. The van der Waals surface area contributed by atoms with Crippen molar-refractivity contribution in [2.75, 3.05) is 13.1 Å². The summed E-state index contributed by atoms with van der Waals surface area (Å²) in [5.74, 6) is -1.25. The van der Waals surface area contributed by atoms with Crippen molar-refractivity contribution in [3.63, 3.8) is 0 Å². The minimum Gasteiger partial charge on any atom is -0.481 e. The van der Waals surface area contributed by atoms with E-state index in [-0.39, 0.29) is 24.8 Å². The van der Waals surface area contributed by atoms with Crippen LogP contribution in [0.1, 0.15) is 35.2 Å². The van der Waals surface area contributed by atoms with E-state index in [0.29, 0.717) is 23.6 Å². The summed E-state index contributed by atoms with van der Waals surface area (Å²) in [6.45, 7) is 0.640. The molecule has 0 bridgehead atoms. The Morgan fingerprint density at radius 3 is 2.28 bits per heavy atom. The van der Waals surface area contributed by atoms with Crippen molar-refractivity contribution in [3.8, 4) is 0 Å². The normalized spacial score (nSPS) is 23.7. The molecule has 0 spiro atoms. The van der Waals surface area contributed by atoms with E-state index in [1.807, 2.05) is 0 Å². The van der Waals surface area contributed by atoms with Gasteiger partial charge in [-0.1, -0.05) is 12.1 Å². The Morgan fingerprint density at radius 1 is 1.12 bits per heavy atom. The maximum Gasteiger partial charge on any atom is 0.389 e. The molecule has 7 heteroatoms. The molecular weight excluding hydrogens is 335 g/mol. The third kappa shape index (κ3) is 4.32. The Labute approximate surface area is 143 Å². The molecule has 25 heavy (non-hydrogen) atoms. The number of nitrogens with zero attached hydrogens (tertiary/aromatic N) is 1. The van der Waals surface area contributed by atoms with E-state index in [4.69, 9.17) is 0 Å². The van der Waals surface area contributed by atoms with E-state index in [0.717, 1.165) is 12.8 Å². The molecular formula is C18H20F3NO3. The van der Waals surface area contributed by atoms with Gasteiger partial charge in [-0.05, 0) is 48.8 Å². The zero-order valence-corrected chi connectivity index (χ0v) is 13.6. The van der Waals surface area contributed by atoms with E-state index in [2.05, 4.69) is 0 Å². The van der Waals surface area contributed by atoms with Crippen molar-refractivity contribution in [1.29, 1.82) is 0 Å². The standard InChI is InChI=1S/C18H20F3NO3/c19-18(20,21)8-7-11-1-3-13(4-2-11)16(23)22-9-14(12-5-6-12)15(10-22)17(24)25/h1-4,12,14-15H,5-10H2,(H,24,25)/t14-,15+/m1/s1. The first kappa shape index (κ1) is 17.8. The Kier molecular flexibility index (Phi) is 4.75. The number of carbonyl (C=O) groups is 2. The average molecular weight is 355 g/mol. The summed E-state index contributed by atoms with van der Waals surface area (Å²) in [4.78, 5) is 25.6. The van der Waals surface area contributed by atoms with E-state index in [9.17, 15) is 27.9 Å². The monoisotopic (exact) mass is 355 g/mol. The van der Waals surface area contributed by atoms with Gasteiger partial charge in [0, 0.05) is 25.1 Å². The van der Waals surface area contributed by atoms with Gasteiger partial charge in [0.05, 0.1) is 5.92 Å². The molecule has 1 aliphatic heterocycles. The minimum atomic E-state index is -4.20. The number of rotatable bonds is 5. The maximum atomic E-state index is 12.6. The molecule has 0 aromatic heterocycles. The lowest BCUT2D eigenvalue weighted by Gasteiger charge is -2.16. The fourth-order valence-electron chi connectivity index (χ4n) is 3.54. The number of hydrogen-bond donors (Lipinski definition) is 1. The molecule has 1 N–H and O–H groups in total. The van der Waals surface area contributed by atoms with Crippen LogP contribution in [0.5, 0.6) is 0 Å². The van der Waals surface area contributed by atoms with E-state index >= 15 is 0 Å². The van der Waals surface area contributed by atoms with Crippen molar-refractivity contribution >= 4 is 11.9 Å². The second kappa shape index (κ2) is 6.69. The van der Waals surface area contributed by atoms with Crippen LogP contribution in [-0.2, 0) is 11.2 Å². The van der Waals surface area contributed by atoms with Gasteiger partial charge >= 0.3 is 12.1 Å². The lowest BCUT2D eigenvalue weighted by molar-refractivity contribution is -0.142. The number of carbonyl (C=O) groups excluding carboxylic acids is 1. The van der Waals surface area contributed by atoms with Gasteiger partial charge in [-0.3, -0.25) is 9.59 Å². The van der Waals surface area contributed by atoms with Crippen molar-refractivity contribution in [2.45, 2.75) is 31.9 Å². The third-order valence-corrected chi connectivity index (χ3v) is 5.10. The van der Waals surface area contributed by atoms with Crippen molar-refractivity contribution in [1.82, 2.24) is 4.90 Å². The lowest BCUT2D eigenvalue weighted by atomic mass is 9.92. The van der Waals surface area contributed by atoms with Crippen LogP contribution in [0.15, 0.2) is 24.3 Å². The van der Waals surface area contributed by atoms with Crippen molar-refractivity contribution in [2.24, 2.45) is 17.8 Å². The molecule has 1 aromatic carbocycles. The number of benzene rings is 1. The number of carboxylic acid groups (broad SMARTS) is 1. The van der Waals surface area contributed by atoms with Crippen LogP contribution < -0.4 is 0 Å². The number of carboxylic acids is 1. The average Bonchev–Trinajstić information content (AvgIpc) is 3.30. The molecule has 136 valence electrons. The molecule has 1 aromatic rings. The van der Waals surface area contributed by atoms with Crippen LogP contribution in [-0.4, -0.2) is 41.1 Å². The highest BCUT2D eigenvalue weighted by atomic mass is 19.4. The lowest BCUT2D eigenvalue weighted by Crippen LogP contribution is -2.29. The van der Waals surface area contributed by atoms with Gasteiger partial charge in [0.15, 0.2) is 0 Å². The highest BCUT2D eigenvalue weighted by Gasteiger charge is 2.46. The first-order valence-electron chi connectivity index (χ1n) is 8.42. The van der Waals surface area contributed by atoms with Gasteiger partial charge in [-0.25, -0.2) is 0 Å². The number of amides is 1. The van der Waals surface area contributed by atoms with E-state index in [1.165, 1.54) is 24.3 Å². The summed E-state index contributed by atoms with van der Waals surface area (Å²) in [5.41, 5.74) is 0.908. The Bertz CT molecular complexity index is 653. The molecule has 1 heterocycles. The van der Waals surface area contributed by atoms with Crippen LogP contribution in [0.25, 0.3) is 0 Å². The quantitative estimate of drug-likeness (QED) is 0.881. The van der Waals surface area contributed by atoms with Gasteiger partial charge in [0.25, 0.3) is 5.91 Å². The number of hydrogen-bond acceptors (Lipinski definition) is 2. The number of aryl methyl sites for hydroxylation is 1. The maximum absolute atomic E-state index is 12.6. The molecule has 1 amide bonds. The van der Waals surface area contributed by atoms with Crippen LogP contribution in [0.2, 0.25) is 0 Å². The zero-order valence-electron chi connectivity index (χ0n) is 13.6. The predicted molar refractivity (Wildman–Crippen MR) is 84.1 cm³/mol. The molecule has 1 aliphatic carbocycles. The number of aliphatic carboxylic acids is 1. The molecule has 4 nitrogen and oxygen atoms in total. The first-order valence-corrected chi connectivity index (χ1v) is 8.42. The van der Waals surface area contributed by atoms with Gasteiger partial charge in [-0.2, -0.15) is 13.2 Å². The first-order chi connectivity index (χ1) is 11.7. The summed E-state index contributed by atoms with van der Waals surface area (Å²) >= 11 is 0. The Morgan fingerprint density at radius 2 is 1.76 bits per heavy atom. The van der Waals surface area contributed by atoms with Crippen LogP contribution in [0.3, 0.4) is 0 Å². The summed E-state index contributed by atoms with van der Waals surface area (Å²) < 4.78 is 36.8. The molecule has 0 unspecified atom stereocenters. The topological polar surface area (TPSA) is 57.6 Å². The Balaban J connectivity index is 1.64. The number of alkyl halides is 3. The van der Waals surface area contributed by atoms with E-state index in [1.54, 1.807) is 4.90 Å². The predicted octanol–water partition coefficient (Wildman–Crippen LogP) is 3.36. The number of likely N-dealkylation sites (tertiary alicyclic amines) is 1. The molecule has 1 saturated carbocycles. The van der Waals surface area contributed by atoms with Crippen LogP contribution in [0, 0.1) is 17.8 Å². The largest absolute Gasteiger partial charge is 0.481 e. The molecule has 2 aliphatic rings. The Hall–Kier alpha value is -2.05. The third-order valence-electron chi connectivity index (χ3n) is 5.10. The van der Waals surface area contributed by atoms with Gasteiger partial charge in [0.2, 0.25) is 0 Å². The molecule has 3 rings (SSSR count). The van der Waals surface area contributed by atoms with Gasteiger partial charge in [0.1, 0.15) is 0 Å². The smallest absolute Gasteiger partial charge is 0.389 e. The molecule has 2 fully saturated rings. The highest BCUT2D eigenvalue weighted by Crippen LogP contribution is 2.44. The molecule has 2 atom stereocenters. The second-order valence-electron chi connectivity index (χ2n) is 6.97. The fourth-order valence-corrected chi connectivity index (χ4v) is 3.54.